The molecule has 0 aliphatic heterocycles. The number of Topliss-reactive ketones (excluding diaryl/α,β-unsaturated/α-hetero) is 2. The number of rotatable bonds is 1. The van der Waals surface area contributed by atoms with Crippen LogP contribution in [0.1, 0.15) is 6.92 Å². The van der Waals surface area contributed by atoms with E-state index in [4.69, 9.17) is 23.2 Å². The van der Waals surface area contributed by atoms with E-state index in [1.54, 1.807) is 19.1 Å². The number of carbonyl (C=O) groups is 2. The normalized spacial score (nSPS) is 40.2. The van der Waals surface area contributed by atoms with Gasteiger partial charge in [-0.05, 0) is 18.1 Å². The molecule has 110 valence electrons. The predicted octanol–water partition coefficient (Wildman–Crippen LogP) is 2.45. The molecule has 3 rings (SSSR count). The topological polar surface area (TPSA) is 81.7 Å². The van der Waals surface area contributed by atoms with E-state index >= 15 is 0 Å². The molecule has 3 aliphatic carbocycles. The molecule has 0 radical (unpaired) electrons. The summed E-state index contributed by atoms with van der Waals surface area (Å²) >= 11 is 11.9. The van der Waals surface area contributed by atoms with Crippen LogP contribution in [0.2, 0.25) is 0 Å². The number of hydrogen-bond acceptors (Lipinski definition) is 4. The number of hydrogen-bond donors (Lipinski definition) is 0. The molecule has 0 amide bonds. The lowest BCUT2D eigenvalue weighted by Gasteiger charge is -2.56. The molecule has 2 unspecified atom stereocenters. The molecule has 22 heavy (non-hydrogen) atoms. The Bertz CT molecular complexity index is 771. The van der Waals surface area contributed by atoms with Crippen LogP contribution in [0.25, 0.3) is 0 Å². The number of carbonyl (C=O) groups excluding carboxylic acids is 2. The molecule has 4 atom stereocenters. The van der Waals surface area contributed by atoms with Crippen LogP contribution in [0.3, 0.4) is 0 Å². The van der Waals surface area contributed by atoms with Crippen molar-refractivity contribution < 1.29 is 9.59 Å². The van der Waals surface area contributed by atoms with Crippen LogP contribution in [-0.4, -0.2) is 22.3 Å². The Morgan fingerprint density at radius 1 is 1.00 bits per heavy atom. The SMILES string of the molecule is CC1=C(C2C=CC=C2)[C@]2(C#N)C(=O)C(Cl)C(Cl)C(=O)[C@]12C#N. The number of allylic oxidation sites excluding steroid dienone is 6. The van der Waals surface area contributed by atoms with E-state index in [9.17, 15) is 20.1 Å². The standard InChI is InChI=1S/C16H10Cl2N2O2/c1-8-10(9-4-2-3-5-9)16(7-20)14(22)12(18)11(17)13(21)15(8,16)6-19/h2-5,9,11-12H,1H3/t11?,12?,15-,16+/m0/s1. The van der Waals surface area contributed by atoms with Crippen molar-refractivity contribution in [3.63, 3.8) is 0 Å². The van der Waals surface area contributed by atoms with Gasteiger partial charge in [-0.2, -0.15) is 10.5 Å². The first kappa shape index (κ1) is 15.0. The Kier molecular flexibility index (Phi) is 3.11. The lowest BCUT2D eigenvalue weighted by molar-refractivity contribution is -0.144. The summed E-state index contributed by atoms with van der Waals surface area (Å²) in [6.07, 6.45) is 7.21. The van der Waals surface area contributed by atoms with Crippen molar-refractivity contribution in [1.29, 1.82) is 10.5 Å². The fourth-order valence-corrected chi connectivity index (χ4v) is 4.37. The van der Waals surface area contributed by atoms with Crippen LogP contribution >= 0.6 is 23.2 Å². The quantitative estimate of drug-likeness (QED) is 0.545. The fourth-order valence-electron chi connectivity index (χ4n) is 3.82. The Hall–Kier alpha value is -1.88. The van der Waals surface area contributed by atoms with E-state index in [0.29, 0.717) is 11.1 Å². The van der Waals surface area contributed by atoms with Gasteiger partial charge in [0.05, 0.1) is 12.1 Å². The van der Waals surface area contributed by atoms with Crippen LogP contribution < -0.4 is 0 Å². The second-order valence-electron chi connectivity index (χ2n) is 5.59. The Balaban J connectivity index is 2.34. The van der Waals surface area contributed by atoms with Gasteiger partial charge in [0.25, 0.3) is 0 Å². The molecule has 0 bridgehead atoms. The third-order valence-electron chi connectivity index (χ3n) is 4.85. The van der Waals surface area contributed by atoms with Crippen LogP contribution in [0.5, 0.6) is 0 Å². The van der Waals surface area contributed by atoms with E-state index in [2.05, 4.69) is 0 Å². The van der Waals surface area contributed by atoms with Crippen LogP contribution in [0, 0.1) is 39.4 Å². The summed E-state index contributed by atoms with van der Waals surface area (Å²) in [5, 5.41) is 16.8. The third-order valence-corrected chi connectivity index (χ3v) is 5.88. The smallest absolute Gasteiger partial charge is 0.179 e. The van der Waals surface area contributed by atoms with Crippen LogP contribution in [0.15, 0.2) is 35.5 Å². The minimum absolute atomic E-state index is 0.284. The van der Waals surface area contributed by atoms with Crippen molar-refractivity contribution >= 4 is 34.8 Å². The predicted molar refractivity (Wildman–Crippen MR) is 79.9 cm³/mol. The Morgan fingerprint density at radius 2 is 1.45 bits per heavy atom. The van der Waals surface area contributed by atoms with Gasteiger partial charge in [0.1, 0.15) is 10.8 Å². The first-order chi connectivity index (χ1) is 10.4. The lowest BCUT2D eigenvalue weighted by atomic mass is 9.40. The molecule has 0 spiro atoms. The summed E-state index contributed by atoms with van der Waals surface area (Å²) in [7, 11) is 0. The largest absolute Gasteiger partial charge is 0.296 e. The van der Waals surface area contributed by atoms with E-state index in [-0.39, 0.29) is 5.92 Å². The van der Waals surface area contributed by atoms with Crippen molar-refractivity contribution in [2.24, 2.45) is 16.7 Å². The maximum Gasteiger partial charge on any atom is 0.179 e. The number of alkyl halides is 2. The second-order valence-corrected chi connectivity index (χ2v) is 6.53. The summed E-state index contributed by atoms with van der Waals surface area (Å²) in [5.74, 6) is -1.61. The van der Waals surface area contributed by atoms with Crippen molar-refractivity contribution in [2.45, 2.75) is 17.7 Å². The van der Waals surface area contributed by atoms with Gasteiger partial charge >= 0.3 is 0 Å². The van der Waals surface area contributed by atoms with Crippen molar-refractivity contribution in [3.05, 3.63) is 35.5 Å². The molecule has 0 heterocycles. The zero-order chi connectivity index (χ0) is 16.3. The molecule has 0 aromatic rings. The zero-order valence-corrected chi connectivity index (χ0v) is 13.0. The molecule has 4 nitrogen and oxygen atoms in total. The van der Waals surface area contributed by atoms with Crippen molar-refractivity contribution in [1.82, 2.24) is 0 Å². The first-order valence-corrected chi connectivity index (χ1v) is 7.53. The first-order valence-electron chi connectivity index (χ1n) is 6.66. The maximum absolute atomic E-state index is 12.7. The highest BCUT2D eigenvalue weighted by Gasteiger charge is 2.77. The molecule has 3 aliphatic rings. The molecule has 0 N–H and O–H groups in total. The van der Waals surface area contributed by atoms with Gasteiger partial charge < -0.3 is 0 Å². The number of fused-ring (bicyclic) bond motifs is 1. The molecular formula is C16H10Cl2N2O2. The number of nitriles is 2. The zero-order valence-electron chi connectivity index (χ0n) is 11.5. The van der Waals surface area contributed by atoms with Gasteiger partial charge in [0.2, 0.25) is 0 Å². The molecule has 0 aromatic heterocycles. The number of ketones is 2. The van der Waals surface area contributed by atoms with Gasteiger partial charge in [0, 0.05) is 5.92 Å². The van der Waals surface area contributed by atoms with Gasteiger partial charge in [0.15, 0.2) is 22.4 Å². The van der Waals surface area contributed by atoms with Crippen molar-refractivity contribution in [2.75, 3.05) is 0 Å². The summed E-state index contributed by atoms with van der Waals surface area (Å²) in [6, 6.07) is 3.84. The fraction of sp³-hybridized carbons (Fsp3) is 0.375. The average Bonchev–Trinajstić information content (AvgIpc) is 3.03. The van der Waals surface area contributed by atoms with E-state index in [0.717, 1.165) is 0 Å². The number of halogens is 2. The van der Waals surface area contributed by atoms with Gasteiger partial charge in [-0.1, -0.05) is 24.3 Å². The lowest BCUT2D eigenvalue weighted by Crippen LogP contribution is -2.69. The van der Waals surface area contributed by atoms with Gasteiger partial charge in [-0.25, -0.2) is 0 Å². The molecule has 1 saturated carbocycles. The molecular weight excluding hydrogens is 323 g/mol. The van der Waals surface area contributed by atoms with Crippen LogP contribution in [0.4, 0.5) is 0 Å². The highest BCUT2D eigenvalue weighted by atomic mass is 35.5. The second kappa shape index (κ2) is 4.56. The van der Waals surface area contributed by atoms with Crippen molar-refractivity contribution in [3.8, 4) is 12.1 Å². The Labute approximate surface area is 137 Å². The number of nitrogens with zero attached hydrogens (tertiary/aromatic N) is 2. The van der Waals surface area contributed by atoms with E-state index in [1.807, 2.05) is 24.3 Å². The summed E-state index contributed by atoms with van der Waals surface area (Å²) in [5.41, 5.74) is -2.75. The monoisotopic (exact) mass is 332 g/mol. The minimum atomic E-state index is -1.84. The molecule has 0 saturated heterocycles. The highest BCUT2D eigenvalue weighted by Crippen LogP contribution is 2.67. The average molecular weight is 333 g/mol. The maximum atomic E-state index is 12.7. The highest BCUT2D eigenvalue weighted by molar-refractivity contribution is 6.47. The summed E-state index contributed by atoms with van der Waals surface area (Å²) in [6.45, 7) is 1.61. The molecule has 0 aromatic carbocycles. The van der Waals surface area contributed by atoms with Crippen LogP contribution in [-0.2, 0) is 9.59 Å². The van der Waals surface area contributed by atoms with Gasteiger partial charge in [-0.3, -0.25) is 9.59 Å². The summed E-state index contributed by atoms with van der Waals surface area (Å²) < 4.78 is 0. The minimum Gasteiger partial charge on any atom is -0.296 e. The summed E-state index contributed by atoms with van der Waals surface area (Å²) in [4.78, 5) is 25.4. The van der Waals surface area contributed by atoms with Gasteiger partial charge in [-0.15, -0.1) is 23.2 Å². The van der Waals surface area contributed by atoms with E-state index in [1.165, 1.54) is 0 Å². The molecule has 6 heteroatoms. The molecule has 1 fully saturated rings. The Morgan fingerprint density at radius 3 is 1.91 bits per heavy atom. The van der Waals surface area contributed by atoms with E-state index < -0.39 is 33.2 Å². The third kappa shape index (κ3) is 1.29.